The van der Waals surface area contributed by atoms with Crippen LogP contribution in [0.2, 0.25) is 5.02 Å². The van der Waals surface area contributed by atoms with E-state index in [0.29, 0.717) is 50.5 Å². The van der Waals surface area contributed by atoms with Gasteiger partial charge < -0.3 is 14.2 Å². The topological polar surface area (TPSA) is 79.1 Å². The van der Waals surface area contributed by atoms with Crippen LogP contribution in [0.4, 0.5) is 4.39 Å². The minimum absolute atomic E-state index is 0.0355. The first-order valence-electron chi connectivity index (χ1n) is 13.4. The quantitative estimate of drug-likeness (QED) is 0.233. The van der Waals surface area contributed by atoms with E-state index in [2.05, 4.69) is 0 Å². The van der Waals surface area contributed by atoms with Crippen LogP contribution in [0, 0.1) is 5.82 Å². The van der Waals surface area contributed by atoms with Crippen molar-refractivity contribution in [3.63, 3.8) is 0 Å². The fourth-order valence-corrected chi connectivity index (χ4v) is 6.10. The molecule has 1 aliphatic heterocycles. The summed E-state index contributed by atoms with van der Waals surface area (Å²) in [6.07, 6.45) is 2.19. The summed E-state index contributed by atoms with van der Waals surface area (Å²) in [5.74, 6) is -0.268. The monoisotopic (exact) mass is 606 g/mol. The van der Waals surface area contributed by atoms with E-state index in [1.54, 1.807) is 36.4 Å². The summed E-state index contributed by atoms with van der Waals surface area (Å²) in [7, 11) is 1.32. The van der Waals surface area contributed by atoms with Crippen molar-refractivity contribution >= 4 is 35.0 Å². The zero-order valence-electron chi connectivity index (χ0n) is 23.2. The number of hydrogen-bond donors (Lipinski definition) is 0. The van der Waals surface area contributed by atoms with Gasteiger partial charge in [-0.2, -0.15) is 0 Å². The van der Waals surface area contributed by atoms with Crippen molar-refractivity contribution in [3.05, 3.63) is 125 Å². The molecule has 1 atom stereocenters. The van der Waals surface area contributed by atoms with Crippen molar-refractivity contribution < 1.29 is 23.4 Å². The molecule has 1 aliphatic rings. The molecule has 0 fully saturated rings. The van der Waals surface area contributed by atoms with Crippen molar-refractivity contribution in [3.8, 4) is 11.5 Å². The third-order valence-electron chi connectivity index (χ3n) is 6.72. The molecule has 10 heteroatoms. The highest BCUT2D eigenvalue weighted by Gasteiger charge is 2.33. The van der Waals surface area contributed by atoms with Gasteiger partial charge in [0, 0.05) is 5.56 Å². The van der Waals surface area contributed by atoms with Crippen molar-refractivity contribution in [2.24, 2.45) is 4.99 Å². The van der Waals surface area contributed by atoms with E-state index in [-0.39, 0.29) is 28.8 Å². The Kier molecular flexibility index (Phi) is 8.89. The summed E-state index contributed by atoms with van der Waals surface area (Å²) in [6, 6.07) is 18.4. The van der Waals surface area contributed by atoms with Crippen molar-refractivity contribution in [2.75, 3.05) is 13.7 Å². The number of carbonyl (C=O) groups excluding carboxylic acids is 1. The van der Waals surface area contributed by atoms with E-state index in [9.17, 15) is 14.0 Å². The summed E-state index contributed by atoms with van der Waals surface area (Å²) in [4.78, 5) is 32.0. The first-order chi connectivity index (χ1) is 20.4. The molecule has 0 aliphatic carbocycles. The zero-order valence-corrected chi connectivity index (χ0v) is 24.8. The number of rotatable bonds is 9. The Morgan fingerprint density at radius 2 is 1.83 bits per heavy atom. The minimum Gasteiger partial charge on any atom is -0.490 e. The first kappa shape index (κ1) is 29.3. The Morgan fingerprint density at radius 1 is 1.10 bits per heavy atom. The number of ether oxygens (including phenoxy) is 3. The fraction of sp³-hybridized carbons (Fsp3) is 0.219. The highest BCUT2D eigenvalue weighted by molar-refractivity contribution is 7.07. The van der Waals surface area contributed by atoms with Crippen LogP contribution < -0.4 is 24.4 Å². The SMILES string of the molecule is CCOc1cc(/C=c2\sc3n(c2=O)[C@H](c2ccccc2)C(C(=O)OC)=C(CC)N=3)cc(Cl)c1OCc1ccccc1F. The second-order valence-corrected chi connectivity index (χ2v) is 10.8. The second kappa shape index (κ2) is 12.8. The Labute approximate surface area is 250 Å². The number of carbonyl (C=O) groups is 1. The largest absolute Gasteiger partial charge is 0.490 e. The van der Waals surface area contributed by atoms with E-state index < -0.39 is 12.0 Å². The molecule has 0 saturated heterocycles. The van der Waals surface area contributed by atoms with Crippen LogP contribution in [-0.2, 0) is 16.1 Å². The average molecular weight is 607 g/mol. The molecular weight excluding hydrogens is 579 g/mol. The van der Waals surface area contributed by atoms with Crippen molar-refractivity contribution in [1.29, 1.82) is 0 Å². The van der Waals surface area contributed by atoms with Crippen LogP contribution in [0.5, 0.6) is 11.5 Å². The lowest BCUT2D eigenvalue weighted by Crippen LogP contribution is -2.40. The number of fused-ring (bicyclic) bond motifs is 1. The normalized spacial score (nSPS) is 14.8. The van der Waals surface area contributed by atoms with Crippen LogP contribution >= 0.6 is 22.9 Å². The predicted molar refractivity (Wildman–Crippen MR) is 160 cm³/mol. The van der Waals surface area contributed by atoms with Crippen molar-refractivity contribution in [1.82, 2.24) is 4.57 Å². The summed E-state index contributed by atoms with van der Waals surface area (Å²) in [5.41, 5.74) is 2.35. The summed E-state index contributed by atoms with van der Waals surface area (Å²) >= 11 is 7.84. The molecule has 0 spiro atoms. The molecule has 0 unspecified atom stereocenters. The van der Waals surface area contributed by atoms with Gasteiger partial charge in [0.15, 0.2) is 16.3 Å². The van der Waals surface area contributed by atoms with Crippen LogP contribution in [0.15, 0.2) is 87.8 Å². The number of esters is 1. The third kappa shape index (κ3) is 5.75. The van der Waals surface area contributed by atoms with Gasteiger partial charge in [0.05, 0.1) is 40.6 Å². The molecule has 1 aromatic heterocycles. The van der Waals surface area contributed by atoms with Gasteiger partial charge in [0.2, 0.25) is 0 Å². The van der Waals surface area contributed by atoms with Crippen LogP contribution in [-0.4, -0.2) is 24.3 Å². The lowest BCUT2D eigenvalue weighted by atomic mass is 9.95. The molecule has 0 amide bonds. The number of benzene rings is 3. The maximum Gasteiger partial charge on any atom is 0.338 e. The molecule has 5 rings (SSSR count). The number of halogens is 2. The van der Waals surface area contributed by atoms with Gasteiger partial charge >= 0.3 is 5.97 Å². The van der Waals surface area contributed by atoms with Crippen LogP contribution in [0.1, 0.15) is 43.0 Å². The highest BCUT2D eigenvalue weighted by atomic mass is 35.5. The number of hydrogen-bond acceptors (Lipinski definition) is 7. The van der Waals surface area contributed by atoms with E-state index >= 15 is 0 Å². The molecule has 0 saturated carbocycles. The lowest BCUT2D eigenvalue weighted by molar-refractivity contribution is -0.136. The number of allylic oxidation sites excluding steroid dienone is 1. The Bertz CT molecular complexity index is 1850. The van der Waals surface area contributed by atoms with Gasteiger partial charge in [0.1, 0.15) is 12.4 Å². The number of methoxy groups -OCH3 is 1. The second-order valence-electron chi connectivity index (χ2n) is 9.34. The Balaban J connectivity index is 1.60. The third-order valence-corrected chi connectivity index (χ3v) is 7.99. The molecule has 216 valence electrons. The van der Waals surface area contributed by atoms with Gasteiger partial charge in [-0.3, -0.25) is 9.36 Å². The maximum absolute atomic E-state index is 14.1. The standard InChI is InChI=1S/C32H28ClFN2O5S/c1-4-24-27(31(38)39-3)28(20-11-7-6-8-12-20)36-30(37)26(42-32(36)35-24)17-19-15-22(33)29(25(16-19)40-5-2)41-18-21-13-9-10-14-23(21)34/h6-17,28H,4-5,18H2,1-3H3/b26-17-/t28-/m1/s1. The first-order valence-corrected chi connectivity index (χ1v) is 14.6. The average Bonchev–Trinajstić information content (AvgIpc) is 3.30. The van der Waals surface area contributed by atoms with Gasteiger partial charge in [-0.25, -0.2) is 14.2 Å². The number of thiazole rings is 1. The van der Waals surface area contributed by atoms with E-state index in [1.807, 2.05) is 44.2 Å². The lowest BCUT2D eigenvalue weighted by Gasteiger charge is -2.25. The van der Waals surface area contributed by atoms with E-state index in [4.69, 9.17) is 30.8 Å². The van der Waals surface area contributed by atoms with Crippen LogP contribution in [0.3, 0.4) is 0 Å². The minimum atomic E-state index is -0.691. The molecule has 0 radical (unpaired) electrons. The summed E-state index contributed by atoms with van der Waals surface area (Å²) in [6.45, 7) is 4.04. The molecule has 0 bridgehead atoms. The van der Waals surface area contributed by atoms with Gasteiger partial charge in [-0.05, 0) is 48.7 Å². The Hall–Kier alpha value is -4.21. The van der Waals surface area contributed by atoms with Gasteiger partial charge in [0.25, 0.3) is 5.56 Å². The zero-order chi connectivity index (χ0) is 29.8. The maximum atomic E-state index is 14.1. The fourth-order valence-electron chi connectivity index (χ4n) is 4.81. The molecule has 7 nitrogen and oxygen atoms in total. The summed E-state index contributed by atoms with van der Waals surface area (Å²) in [5, 5.41) is 0.250. The summed E-state index contributed by atoms with van der Waals surface area (Å²) < 4.78 is 32.9. The number of aromatic nitrogens is 1. The number of nitrogens with zero attached hydrogens (tertiary/aromatic N) is 2. The molecule has 0 N–H and O–H groups in total. The van der Waals surface area contributed by atoms with Gasteiger partial charge in [-0.1, -0.05) is 78.4 Å². The van der Waals surface area contributed by atoms with Crippen LogP contribution in [0.25, 0.3) is 6.08 Å². The highest BCUT2D eigenvalue weighted by Crippen LogP contribution is 2.38. The van der Waals surface area contributed by atoms with E-state index in [1.165, 1.54) is 29.1 Å². The Morgan fingerprint density at radius 3 is 2.52 bits per heavy atom. The molecule has 4 aromatic rings. The van der Waals surface area contributed by atoms with Gasteiger partial charge in [-0.15, -0.1) is 0 Å². The molecule has 2 heterocycles. The smallest absolute Gasteiger partial charge is 0.338 e. The predicted octanol–water partition coefficient (Wildman–Crippen LogP) is 5.57. The van der Waals surface area contributed by atoms with Crippen molar-refractivity contribution in [2.45, 2.75) is 32.9 Å². The molecule has 42 heavy (non-hydrogen) atoms. The molecule has 3 aromatic carbocycles. The molecular formula is C32H28ClFN2O5S. The van der Waals surface area contributed by atoms with E-state index in [0.717, 1.165) is 5.56 Å².